The molecule has 0 fully saturated rings. The zero-order chi connectivity index (χ0) is 16.2. The smallest absolute Gasteiger partial charge is 0.262 e. The third-order valence-corrected chi connectivity index (χ3v) is 3.51. The van der Waals surface area contributed by atoms with Crippen LogP contribution in [0, 0.1) is 0 Å². The van der Waals surface area contributed by atoms with E-state index in [9.17, 15) is 9.90 Å². The summed E-state index contributed by atoms with van der Waals surface area (Å²) in [4.78, 5) is 20.4. The molecule has 2 heterocycles. The van der Waals surface area contributed by atoms with Gasteiger partial charge >= 0.3 is 0 Å². The minimum absolute atomic E-state index is 0.0547. The van der Waals surface area contributed by atoms with Crippen molar-refractivity contribution in [3.63, 3.8) is 0 Å². The number of nitrogens with zero attached hydrogens (tertiary/aromatic N) is 3. The van der Waals surface area contributed by atoms with E-state index in [1.807, 2.05) is 0 Å². The lowest BCUT2D eigenvalue weighted by Gasteiger charge is -2.14. The Labute approximate surface area is 137 Å². The summed E-state index contributed by atoms with van der Waals surface area (Å²) in [6, 6.07) is 10.2. The third-order valence-electron chi connectivity index (χ3n) is 3.26. The molecule has 0 saturated carbocycles. The van der Waals surface area contributed by atoms with Gasteiger partial charge < -0.3 is 9.84 Å². The third kappa shape index (κ3) is 3.67. The average molecular weight is 332 g/mol. The van der Waals surface area contributed by atoms with Gasteiger partial charge in [0.1, 0.15) is 24.8 Å². The number of ether oxygens (including phenoxy) is 1. The van der Waals surface area contributed by atoms with E-state index in [1.165, 1.54) is 10.9 Å². The van der Waals surface area contributed by atoms with Crippen LogP contribution in [0.4, 0.5) is 0 Å². The summed E-state index contributed by atoms with van der Waals surface area (Å²) in [7, 11) is 0. The Morgan fingerprint density at radius 2 is 2.00 bits per heavy atom. The summed E-state index contributed by atoms with van der Waals surface area (Å²) in [5.41, 5.74) is 0.147. The van der Waals surface area contributed by atoms with Crippen LogP contribution in [-0.4, -0.2) is 32.4 Å². The van der Waals surface area contributed by atoms with E-state index in [0.717, 1.165) is 0 Å². The first-order valence-corrected chi connectivity index (χ1v) is 7.38. The summed E-state index contributed by atoms with van der Waals surface area (Å²) in [6.07, 6.45) is 2.11. The lowest BCUT2D eigenvalue weighted by Crippen LogP contribution is -2.30. The van der Waals surface area contributed by atoms with Crippen LogP contribution in [0.1, 0.15) is 0 Å². The molecule has 118 valence electrons. The standard InChI is InChI=1S/C16H14ClN3O3/c17-11-3-5-13(6-4-11)23-9-12(21)8-20-10-19-15-14(16(20)22)2-1-7-18-15/h1-7,10,12,21H,8-9H2. The van der Waals surface area contributed by atoms with E-state index in [4.69, 9.17) is 16.3 Å². The van der Waals surface area contributed by atoms with E-state index in [1.54, 1.807) is 42.6 Å². The average Bonchev–Trinajstić information content (AvgIpc) is 2.57. The molecule has 0 amide bonds. The molecule has 1 atom stereocenters. The Bertz CT molecular complexity index is 864. The Hall–Kier alpha value is -2.44. The molecule has 1 N–H and O–H groups in total. The molecule has 0 aliphatic heterocycles. The van der Waals surface area contributed by atoms with Gasteiger partial charge in [0.2, 0.25) is 0 Å². The van der Waals surface area contributed by atoms with Crippen molar-refractivity contribution < 1.29 is 9.84 Å². The number of hydrogen-bond donors (Lipinski definition) is 1. The lowest BCUT2D eigenvalue weighted by atomic mass is 10.3. The molecule has 1 aromatic carbocycles. The van der Waals surface area contributed by atoms with Crippen LogP contribution in [0.25, 0.3) is 11.0 Å². The molecule has 6 nitrogen and oxygen atoms in total. The fraction of sp³-hybridized carbons (Fsp3) is 0.188. The summed E-state index contributed by atoms with van der Waals surface area (Å²) in [5.74, 6) is 0.599. The molecular weight excluding hydrogens is 318 g/mol. The van der Waals surface area contributed by atoms with Crippen LogP contribution >= 0.6 is 11.6 Å². The molecule has 0 saturated heterocycles. The molecule has 3 aromatic rings. The van der Waals surface area contributed by atoms with Gasteiger partial charge in [-0.25, -0.2) is 9.97 Å². The summed E-state index contributed by atoms with van der Waals surface area (Å²) in [5, 5.41) is 11.1. The normalized spacial score (nSPS) is 12.3. The van der Waals surface area contributed by atoms with Crippen molar-refractivity contribution in [3.05, 3.63) is 64.3 Å². The number of hydrogen-bond acceptors (Lipinski definition) is 5. The number of aliphatic hydroxyl groups is 1. The highest BCUT2D eigenvalue weighted by Crippen LogP contribution is 2.15. The Balaban J connectivity index is 1.68. The fourth-order valence-electron chi connectivity index (χ4n) is 2.13. The van der Waals surface area contributed by atoms with Crippen molar-refractivity contribution in [2.24, 2.45) is 0 Å². The van der Waals surface area contributed by atoms with Gasteiger partial charge in [-0.2, -0.15) is 0 Å². The maximum atomic E-state index is 12.3. The van der Waals surface area contributed by atoms with Gasteiger partial charge in [0.15, 0.2) is 5.65 Å². The molecule has 0 spiro atoms. The van der Waals surface area contributed by atoms with E-state index in [-0.39, 0.29) is 18.7 Å². The number of fused-ring (bicyclic) bond motifs is 1. The van der Waals surface area contributed by atoms with Gasteiger partial charge in [-0.05, 0) is 36.4 Å². The van der Waals surface area contributed by atoms with Crippen molar-refractivity contribution in [1.82, 2.24) is 14.5 Å². The maximum absolute atomic E-state index is 12.3. The van der Waals surface area contributed by atoms with Gasteiger partial charge in [0.05, 0.1) is 11.9 Å². The Morgan fingerprint density at radius 3 is 2.78 bits per heavy atom. The Morgan fingerprint density at radius 1 is 1.22 bits per heavy atom. The van der Waals surface area contributed by atoms with Gasteiger partial charge in [0, 0.05) is 11.2 Å². The van der Waals surface area contributed by atoms with Gasteiger partial charge in [-0.1, -0.05) is 11.6 Å². The first-order chi connectivity index (χ1) is 11.1. The predicted octanol–water partition coefficient (Wildman–Crippen LogP) is 1.88. The highest BCUT2D eigenvalue weighted by molar-refractivity contribution is 6.30. The second kappa shape index (κ2) is 6.76. The number of aliphatic hydroxyl groups excluding tert-OH is 1. The molecular formula is C16H14ClN3O3. The molecule has 3 rings (SSSR count). The second-order valence-electron chi connectivity index (χ2n) is 5.00. The molecule has 0 radical (unpaired) electrons. The van der Waals surface area contributed by atoms with Crippen molar-refractivity contribution in [2.75, 3.05) is 6.61 Å². The van der Waals surface area contributed by atoms with Crippen LogP contribution in [0.2, 0.25) is 5.02 Å². The number of benzene rings is 1. The minimum atomic E-state index is -0.848. The van der Waals surface area contributed by atoms with E-state index in [2.05, 4.69) is 9.97 Å². The fourth-order valence-corrected chi connectivity index (χ4v) is 2.26. The molecule has 0 aliphatic carbocycles. The molecule has 7 heteroatoms. The largest absolute Gasteiger partial charge is 0.491 e. The SMILES string of the molecule is O=c1c2cccnc2ncn1CC(O)COc1ccc(Cl)cc1. The number of pyridine rings is 1. The molecule has 0 aliphatic rings. The highest BCUT2D eigenvalue weighted by Gasteiger charge is 2.10. The van der Waals surface area contributed by atoms with Crippen molar-refractivity contribution in [1.29, 1.82) is 0 Å². The highest BCUT2D eigenvalue weighted by atomic mass is 35.5. The van der Waals surface area contributed by atoms with Crippen LogP contribution in [-0.2, 0) is 6.54 Å². The summed E-state index contributed by atoms with van der Waals surface area (Å²) >= 11 is 5.79. The lowest BCUT2D eigenvalue weighted by molar-refractivity contribution is 0.0915. The monoisotopic (exact) mass is 331 g/mol. The van der Waals surface area contributed by atoms with Crippen LogP contribution in [0.3, 0.4) is 0 Å². The van der Waals surface area contributed by atoms with Crippen molar-refractivity contribution in [3.8, 4) is 5.75 Å². The van der Waals surface area contributed by atoms with Crippen LogP contribution in [0.5, 0.6) is 5.75 Å². The second-order valence-corrected chi connectivity index (χ2v) is 5.43. The molecule has 23 heavy (non-hydrogen) atoms. The van der Waals surface area contributed by atoms with E-state index >= 15 is 0 Å². The van der Waals surface area contributed by atoms with Crippen molar-refractivity contribution in [2.45, 2.75) is 12.6 Å². The van der Waals surface area contributed by atoms with Gasteiger partial charge in [-0.15, -0.1) is 0 Å². The predicted molar refractivity (Wildman–Crippen MR) is 86.8 cm³/mol. The number of aromatic nitrogens is 3. The first kappa shape index (κ1) is 15.5. The van der Waals surface area contributed by atoms with E-state index < -0.39 is 6.10 Å². The molecule has 0 bridgehead atoms. The topological polar surface area (TPSA) is 77.2 Å². The van der Waals surface area contributed by atoms with E-state index in [0.29, 0.717) is 21.8 Å². The molecule has 2 aromatic heterocycles. The van der Waals surface area contributed by atoms with Crippen LogP contribution in [0.15, 0.2) is 53.7 Å². The Kier molecular flexibility index (Phi) is 4.55. The number of rotatable bonds is 5. The van der Waals surface area contributed by atoms with Crippen LogP contribution < -0.4 is 10.3 Å². The zero-order valence-electron chi connectivity index (χ0n) is 12.1. The van der Waals surface area contributed by atoms with Crippen molar-refractivity contribution >= 4 is 22.6 Å². The van der Waals surface area contributed by atoms with Gasteiger partial charge in [0.25, 0.3) is 5.56 Å². The maximum Gasteiger partial charge on any atom is 0.262 e. The zero-order valence-corrected chi connectivity index (χ0v) is 12.8. The summed E-state index contributed by atoms with van der Waals surface area (Å²) in [6.45, 7) is 0.142. The van der Waals surface area contributed by atoms with Gasteiger partial charge in [-0.3, -0.25) is 9.36 Å². The number of halogens is 1. The summed E-state index contributed by atoms with van der Waals surface area (Å²) < 4.78 is 6.81. The molecule has 1 unspecified atom stereocenters. The minimum Gasteiger partial charge on any atom is -0.491 e. The first-order valence-electron chi connectivity index (χ1n) is 7.00. The quantitative estimate of drug-likeness (QED) is 0.772.